The van der Waals surface area contributed by atoms with Gasteiger partial charge in [-0.3, -0.25) is 0 Å². The van der Waals surface area contributed by atoms with Crippen LogP contribution in [-0.2, 0) is 6.61 Å². The van der Waals surface area contributed by atoms with Crippen LogP contribution >= 0.6 is 0 Å². The number of hydrogen-bond donors (Lipinski definition) is 3. The molecule has 0 aliphatic rings. The van der Waals surface area contributed by atoms with E-state index in [1.54, 1.807) is 18.2 Å². The van der Waals surface area contributed by atoms with Crippen LogP contribution in [0, 0.1) is 0 Å². The van der Waals surface area contributed by atoms with Crippen molar-refractivity contribution in [3.8, 4) is 11.5 Å². The minimum absolute atomic E-state index is 0.0480. The van der Waals surface area contributed by atoms with Gasteiger partial charge in [0.05, 0.1) is 19.8 Å². The van der Waals surface area contributed by atoms with Crippen LogP contribution in [0.5, 0.6) is 11.5 Å². The number of para-hydroxylation sites is 1. The molecule has 17 heavy (non-hydrogen) atoms. The zero-order chi connectivity index (χ0) is 12.7. The van der Waals surface area contributed by atoms with Gasteiger partial charge in [0.2, 0.25) is 0 Å². The van der Waals surface area contributed by atoms with E-state index >= 15 is 0 Å². The van der Waals surface area contributed by atoms with Crippen LogP contribution in [0.3, 0.4) is 0 Å². The van der Waals surface area contributed by atoms with Gasteiger partial charge in [0.25, 0.3) is 0 Å². The van der Waals surface area contributed by atoms with E-state index in [1.807, 2.05) is 6.92 Å². The topological polar surface area (TPSA) is 79.2 Å². The Bertz CT molecular complexity index is 340. The molecule has 0 saturated carbocycles. The molecule has 1 rings (SSSR count). The summed E-state index contributed by atoms with van der Waals surface area (Å²) < 4.78 is 10.7. The molecule has 5 nitrogen and oxygen atoms in total. The predicted molar refractivity (Wildman–Crippen MR) is 62.1 cm³/mol. The van der Waals surface area contributed by atoms with Gasteiger partial charge in [-0.1, -0.05) is 12.1 Å². The molecule has 3 N–H and O–H groups in total. The molecule has 0 amide bonds. The quantitative estimate of drug-likeness (QED) is 0.641. The number of aliphatic hydroxyl groups excluding tert-OH is 3. The third-order valence-electron chi connectivity index (χ3n) is 2.16. The van der Waals surface area contributed by atoms with E-state index in [4.69, 9.17) is 14.6 Å². The maximum absolute atomic E-state index is 9.23. The van der Waals surface area contributed by atoms with Crippen molar-refractivity contribution in [2.24, 2.45) is 0 Å². The fourth-order valence-electron chi connectivity index (χ4n) is 1.35. The average molecular weight is 242 g/mol. The Hall–Kier alpha value is -1.30. The van der Waals surface area contributed by atoms with Crippen molar-refractivity contribution < 1.29 is 24.8 Å². The number of benzene rings is 1. The second-order valence-corrected chi connectivity index (χ2v) is 3.48. The van der Waals surface area contributed by atoms with Gasteiger partial charge >= 0.3 is 0 Å². The lowest BCUT2D eigenvalue weighted by atomic mass is 10.2. The largest absolute Gasteiger partial charge is 0.490 e. The summed E-state index contributed by atoms with van der Waals surface area (Å²) in [6.45, 7) is 1.73. The molecule has 0 aliphatic heterocycles. The summed E-state index contributed by atoms with van der Waals surface area (Å²) in [6.07, 6.45) is -0.948. The molecule has 0 saturated heterocycles. The van der Waals surface area contributed by atoms with Crippen molar-refractivity contribution >= 4 is 0 Å². The van der Waals surface area contributed by atoms with Crippen LogP contribution in [0.4, 0.5) is 0 Å². The minimum atomic E-state index is -0.948. The van der Waals surface area contributed by atoms with Crippen LogP contribution in [0.2, 0.25) is 0 Å². The molecule has 0 aliphatic carbocycles. The molecule has 0 heterocycles. The molecule has 0 spiro atoms. The van der Waals surface area contributed by atoms with E-state index in [9.17, 15) is 10.2 Å². The van der Waals surface area contributed by atoms with E-state index < -0.39 is 6.10 Å². The molecule has 1 aromatic carbocycles. The highest BCUT2D eigenvalue weighted by molar-refractivity contribution is 5.46. The Morgan fingerprint density at radius 1 is 1.24 bits per heavy atom. The van der Waals surface area contributed by atoms with E-state index in [-0.39, 0.29) is 19.8 Å². The molecule has 1 aromatic rings. The van der Waals surface area contributed by atoms with Gasteiger partial charge in [0, 0.05) is 5.56 Å². The monoisotopic (exact) mass is 242 g/mol. The predicted octanol–water partition coefficient (Wildman–Crippen LogP) is 0.310. The minimum Gasteiger partial charge on any atom is -0.490 e. The zero-order valence-corrected chi connectivity index (χ0v) is 9.80. The lowest BCUT2D eigenvalue weighted by Gasteiger charge is -2.16. The number of hydrogen-bond acceptors (Lipinski definition) is 5. The van der Waals surface area contributed by atoms with E-state index in [1.165, 1.54) is 0 Å². The van der Waals surface area contributed by atoms with Crippen LogP contribution in [-0.4, -0.2) is 41.2 Å². The number of aliphatic hydroxyl groups is 3. The second kappa shape index (κ2) is 7.11. The highest BCUT2D eigenvalue weighted by atomic mass is 16.5. The van der Waals surface area contributed by atoms with Crippen molar-refractivity contribution in [3.63, 3.8) is 0 Å². The maximum Gasteiger partial charge on any atom is 0.166 e. The SMILES string of the molecule is CCOc1cccc(CO)c1OCC(O)CO. The van der Waals surface area contributed by atoms with Crippen molar-refractivity contribution in [1.29, 1.82) is 0 Å². The third-order valence-corrected chi connectivity index (χ3v) is 2.16. The van der Waals surface area contributed by atoms with Crippen LogP contribution in [0.25, 0.3) is 0 Å². The maximum atomic E-state index is 9.23. The lowest BCUT2D eigenvalue weighted by Crippen LogP contribution is -2.22. The highest BCUT2D eigenvalue weighted by Gasteiger charge is 2.12. The van der Waals surface area contributed by atoms with E-state index in [0.717, 1.165) is 0 Å². The molecule has 1 atom stereocenters. The van der Waals surface area contributed by atoms with Gasteiger partial charge in [-0.25, -0.2) is 0 Å². The summed E-state index contributed by atoms with van der Waals surface area (Å²) >= 11 is 0. The Morgan fingerprint density at radius 2 is 2.00 bits per heavy atom. The van der Waals surface area contributed by atoms with E-state index in [0.29, 0.717) is 23.7 Å². The van der Waals surface area contributed by atoms with Gasteiger partial charge in [0.1, 0.15) is 12.7 Å². The van der Waals surface area contributed by atoms with Gasteiger partial charge in [0.15, 0.2) is 11.5 Å². The van der Waals surface area contributed by atoms with Crippen LogP contribution in [0.1, 0.15) is 12.5 Å². The Morgan fingerprint density at radius 3 is 2.59 bits per heavy atom. The van der Waals surface area contributed by atoms with Crippen molar-refractivity contribution in [2.75, 3.05) is 19.8 Å². The fourth-order valence-corrected chi connectivity index (χ4v) is 1.35. The summed E-state index contributed by atoms with van der Waals surface area (Å²) in [5.74, 6) is 0.925. The molecule has 5 heteroatoms. The normalized spacial score (nSPS) is 12.2. The summed E-state index contributed by atoms with van der Waals surface area (Å²) in [5, 5.41) is 27.1. The summed E-state index contributed by atoms with van der Waals surface area (Å²) in [6, 6.07) is 5.19. The fraction of sp³-hybridized carbons (Fsp3) is 0.500. The molecule has 0 bridgehead atoms. The van der Waals surface area contributed by atoms with Crippen molar-refractivity contribution in [3.05, 3.63) is 23.8 Å². The van der Waals surface area contributed by atoms with Gasteiger partial charge in [-0.2, -0.15) is 0 Å². The smallest absolute Gasteiger partial charge is 0.166 e. The van der Waals surface area contributed by atoms with Gasteiger partial charge in [-0.05, 0) is 13.0 Å². The average Bonchev–Trinajstić information content (AvgIpc) is 2.36. The lowest BCUT2D eigenvalue weighted by molar-refractivity contribution is 0.0517. The summed E-state index contributed by atoms with van der Waals surface area (Å²) in [7, 11) is 0. The molecule has 1 unspecified atom stereocenters. The molecule has 0 radical (unpaired) electrons. The van der Waals surface area contributed by atoms with Crippen LogP contribution in [0.15, 0.2) is 18.2 Å². The zero-order valence-electron chi connectivity index (χ0n) is 9.80. The Kier molecular flexibility index (Phi) is 5.76. The third kappa shape index (κ3) is 3.89. The summed E-state index contributed by atoms with van der Waals surface area (Å²) in [4.78, 5) is 0. The van der Waals surface area contributed by atoms with Crippen LogP contribution < -0.4 is 9.47 Å². The second-order valence-electron chi connectivity index (χ2n) is 3.48. The first-order valence-corrected chi connectivity index (χ1v) is 5.50. The van der Waals surface area contributed by atoms with Crippen molar-refractivity contribution in [2.45, 2.75) is 19.6 Å². The van der Waals surface area contributed by atoms with Crippen molar-refractivity contribution in [1.82, 2.24) is 0 Å². The number of ether oxygens (including phenoxy) is 2. The molecular formula is C12H18O5. The molecule has 0 fully saturated rings. The first-order valence-electron chi connectivity index (χ1n) is 5.50. The standard InChI is InChI=1S/C12H18O5/c1-2-16-11-5-3-4-9(6-13)12(11)17-8-10(15)7-14/h3-5,10,13-15H,2,6-8H2,1H3. The van der Waals surface area contributed by atoms with Gasteiger partial charge < -0.3 is 24.8 Å². The Balaban J connectivity index is 2.84. The van der Waals surface area contributed by atoms with Gasteiger partial charge in [-0.15, -0.1) is 0 Å². The Labute approximate surface area is 100 Å². The highest BCUT2D eigenvalue weighted by Crippen LogP contribution is 2.31. The molecule has 96 valence electrons. The first-order chi connectivity index (χ1) is 8.22. The molecular weight excluding hydrogens is 224 g/mol. The summed E-state index contributed by atoms with van der Waals surface area (Å²) in [5.41, 5.74) is 0.584. The first kappa shape index (κ1) is 13.8. The van der Waals surface area contributed by atoms with E-state index in [2.05, 4.69) is 0 Å². The molecule has 0 aromatic heterocycles. The number of rotatable bonds is 7.